The summed E-state index contributed by atoms with van der Waals surface area (Å²) in [6, 6.07) is 13.9. The molecule has 1 unspecified atom stereocenters. The molecule has 2 aromatic rings. The van der Waals surface area contributed by atoms with E-state index in [2.05, 4.69) is 16.7 Å². The minimum atomic E-state index is -0.569. The van der Waals surface area contributed by atoms with Gasteiger partial charge in [0.25, 0.3) is 5.91 Å². The molecule has 4 N–H and O–H groups in total. The van der Waals surface area contributed by atoms with Crippen LogP contribution < -0.4 is 16.4 Å². The summed E-state index contributed by atoms with van der Waals surface area (Å²) in [6.45, 7) is 1.06. The summed E-state index contributed by atoms with van der Waals surface area (Å²) < 4.78 is 0. The largest absolute Gasteiger partial charge is 0.404 e. The number of rotatable bonds is 9. The van der Waals surface area contributed by atoms with Crippen molar-refractivity contribution in [1.29, 1.82) is 0 Å². The van der Waals surface area contributed by atoms with Crippen LogP contribution in [-0.4, -0.2) is 53.2 Å². The van der Waals surface area contributed by atoms with Gasteiger partial charge in [0.1, 0.15) is 6.04 Å². The molecule has 212 valence electrons. The van der Waals surface area contributed by atoms with Crippen molar-refractivity contribution in [2.45, 2.75) is 70.0 Å². The molecule has 0 spiro atoms. The first kappa shape index (κ1) is 26.9. The zero-order valence-corrected chi connectivity index (χ0v) is 23.1. The number of aryl methyl sites for hydroxylation is 1. The van der Waals surface area contributed by atoms with E-state index in [4.69, 9.17) is 15.7 Å². The third-order valence-corrected chi connectivity index (χ3v) is 8.67. The zero-order chi connectivity index (χ0) is 28.3. The van der Waals surface area contributed by atoms with Gasteiger partial charge in [-0.3, -0.25) is 24.7 Å². The second kappa shape index (κ2) is 11.7. The molecule has 3 heterocycles. The number of nitrogens with two attached hydrogens (primary N) is 1. The van der Waals surface area contributed by atoms with Crippen molar-refractivity contribution in [1.82, 2.24) is 10.2 Å². The van der Waals surface area contributed by atoms with Crippen molar-refractivity contribution in [3.05, 3.63) is 70.9 Å². The van der Waals surface area contributed by atoms with E-state index in [-0.39, 0.29) is 24.1 Å². The molecule has 0 radical (unpaired) electrons. The number of nitrogens with one attached hydrogen (secondary N) is 2. The van der Waals surface area contributed by atoms with Crippen LogP contribution in [0.25, 0.3) is 0 Å². The summed E-state index contributed by atoms with van der Waals surface area (Å²) in [6.07, 6.45) is 10.7. The molecule has 0 bridgehead atoms. The third kappa shape index (κ3) is 5.80. The SMILES string of the molecule is NC=C(C=NC1CC(CCCCc2ccc3c(c2)C(=O)N(C2CCC(=O)NC2=O)C3)C1)C1=Nc2ccccc2NC1. The van der Waals surface area contributed by atoms with Crippen LogP contribution in [0.5, 0.6) is 0 Å². The van der Waals surface area contributed by atoms with Crippen molar-refractivity contribution in [2.75, 3.05) is 11.9 Å². The van der Waals surface area contributed by atoms with Crippen molar-refractivity contribution in [3.63, 3.8) is 0 Å². The minimum Gasteiger partial charge on any atom is -0.404 e. The molecule has 2 fully saturated rings. The molecule has 1 saturated carbocycles. The number of carbonyl (C=O) groups excluding carboxylic acids is 3. The summed E-state index contributed by atoms with van der Waals surface area (Å²) in [5.74, 6) is -0.0475. The van der Waals surface area contributed by atoms with Gasteiger partial charge in [-0.2, -0.15) is 0 Å². The van der Waals surface area contributed by atoms with Crippen molar-refractivity contribution < 1.29 is 14.4 Å². The number of carbonyl (C=O) groups is 3. The first-order chi connectivity index (χ1) is 20.0. The molecule has 9 nitrogen and oxygen atoms in total. The van der Waals surface area contributed by atoms with Gasteiger partial charge in [0, 0.05) is 36.5 Å². The molecule has 9 heteroatoms. The molecule has 1 saturated heterocycles. The van der Waals surface area contributed by atoms with Gasteiger partial charge in [0.2, 0.25) is 11.8 Å². The van der Waals surface area contributed by atoms with Crippen molar-refractivity contribution in [2.24, 2.45) is 21.6 Å². The van der Waals surface area contributed by atoms with Crippen LogP contribution in [0, 0.1) is 5.92 Å². The molecule has 1 atom stereocenters. The molecule has 0 aromatic heterocycles. The van der Waals surface area contributed by atoms with Gasteiger partial charge in [0.05, 0.1) is 29.7 Å². The average molecular weight is 553 g/mol. The first-order valence-corrected chi connectivity index (χ1v) is 14.6. The smallest absolute Gasteiger partial charge is 0.255 e. The van der Waals surface area contributed by atoms with E-state index in [9.17, 15) is 14.4 Å². The number of benzene rings is 2. The molecule has 6 rings (SSSR count). The van der Waals surface area contributed by atoms with Gasteiger partial charge in [-0.05, 0) is 67.3 Å². The van der Waals surface area contributed by atoms with E-state index in [1.807, 2.05) is 42.6 Å². The van der Waals surface area contributed by atoms with E-state index in [0.717, 1.165) is 65.9 Å². The highest BCUT2D eigenvalue weighted by Gasteiger charge is 2.39. The molecule has 3 aliphatic heterocycles. The maximum Gasteiger partial charge on any atom is 0.255 e. The Hall–Kier alpha value is -4.27. The van der Waals surface area contributed by atoms with Gasteiger partial charge in [0.15, 0.2) is 0 Å². The van der Waals surface area contributed by atoms with Crippen molar-refractivity contribution in [3.8, 4) is 0 Å². The quantitative estimate of drug-likeness (QED) is 0.246. The summed E-state index contributed by atoms with van der Waals surface area (Å²) in [5.41, 5.74) is 12.4. The highest BCUT2D eigenvalue weighted by atomic mass is 16.2. The summed E-state index contributed by atoms with van der Waals surface area (Å²) in [4.78, 5) is 47.9. The molecule has 1 aliphatic carbocycles. The van der Waals surface area contributed by atoms with Gasteiger partial charge in [-0.15, -0.1) is 0 Å². The topological polar surface area (TPSA) is 129 Å². The van der Waals surface area contributed by atoms with E-state index in [0.29, 0.717) is 37.0 Å². The second-order valence-corrected chi connectivity index (χ2v) is 11.5. The van der Waals surface area contributed by atoms with Gasteiger partial charge >= 0.3 is 0 Å². The van der Waals surface area contributed by atoms with Gasteiger partial charge in [-0.25, -0.2) is 4.99 Å². The Morgan fingerprint density at radius 3 is 2.80 bits per heavy atom. The van der Waals surface area contributed by atoms with Crippen LogP contribution in [0.4, 0.5) is 11.4 Å². The van der Waals surface area contributed by atoms with E-state index >= 15 is 0 Å². The van der Waals surface area contributed by atoms with E-state index in [1.165, 1.54) is 6.42 Å². The number of para-hydroxylation sites is 2. The van der Waals surface area contributed by atoms with Crippen LogP contribution >= 0.6 is 0 Å². The number of hydrogen-bond donors (Lipinski definition) is 3. The number of nitrogens with zero attached hydrogens (tertiary/aromatic N) is 3. The lowest BCUT2D eigenvalue weighted by Crippen LogP contribution is -2.52. The predicted molar refractivity (Wildman–Crippen MR) is 159 cm³/mol. The van der Waals surface area contributed by atoms with Gasteiger partial charge < -0.3 is 16.0 Å². The molecular formula is C32H36N6O3. The normalized spacial score (nSPS) is 24.0. The second-order valence-electron chi connectivity index (χ2n) is 11.5. The first-order valence-electron chi connectivity index (χ1n) is 14.6. The van der Waals surface area contributed by atoms with Crippen LogP contribution in [0.3, 0.4) is 0 Å². The molecule has 41 heavy (non-hydrogen) atoms. The zero-order valence-electron chi connectivity index (χ0n) is 23.1. The summed E-state index contributed by atoms with van der Waals surface area (Å²) >= 11 is 0. The maximum absolute atomic E-state index is 13.1. The van der Waals surface area contributed by atoms with E-state index < -0.39 is 6.04 Å². The van der Waals surface area contributed by atoms with Crippen LogP contribution in [0.2, 0.25) is 0 Å². The molecule has 3 amide bonds. The summed E-state index contributed by atoms with van der Waals surface area (Å²) in [7, 11) is 0. The monoisotopic (exact) mass is 552 g/mol. The Morgan fingerprint density at radius 1 is 1.12 bits per heavy atom. The number of imide groups is 1. The van der Waals surface area contributed by atoms with Crippen LogP contribution in [0.1, 0.15) is 66.4 Å². The number of piperidine rings is 1. The lowest BCUT2D eigenvalue weighted by Gasteiger charge is -2.32. The number of fused-ring (bicyclic) bond motifs is 2. The average Bonchev–Trinajstić information content (AvgIpc) is 3.28. The predicted octanol–water partition coefficient (Wildman–Crippen LogP) is 4.05. The summed E-state index contributed by atoms with van der Waals surface area (Å²) in [5, 5.41) is 5.75. The lowest BCUT2D eigenvalue weighted by atomic mass is 9.77. The number of aliphatic imine (C=N–C) groups is 2. The number of anilines is 1. The van der Waals surface area contributed by atoms with Crippen molar-refractivity contribution >= 4 is 41.0 Å². The fourth-order valence-corrected chi connectivity index (χ4v) is 6.23. The Bertz CT molecular complexity index is 1460. The third-order valence-electron chi connectivity index (χ3n) is 8.67. The Kier molecular flexibility index (Phi) is 7.67. The highest BCUT2D eigenvalue weighted by molar-refractivity contribution is 6.19. The standard InChI is InChI=1S/C32H36N6O3/c33-16-23(28-18-35-26-7-3-4-8-27(26)36-28)17-34-24-13-21(14-24)6-2-1-5-20-9-10-22-19-38(32(41)25(22)15-20)29-11-12-30(39)37-31(29)40/h3-4,7-10,15-17,21,24,29,35H,1-2,5-6,11-14,18-19,33H2,(H,37,39,40). The van der Waals surface area contributed by atoms with E-state index in [1.54, 1.807) is 11.1 Å². The minimum absolute atomic E-state index is 0.110. The fourth-order valence-electron chi connectivity index (χ4n) is 6.23. The Balaban J connectivity index is 0.930. The fraction of sp³-hybridized carbons (Fsp3) is 0.406. The van der Waals surface area contributed by atoms with Crippen LogP contribution in [0.15, 0.2) is 64.2 Å². The van der Waals surface area contributed by atoms with Crippen LogP contribution in [-0.2, 0) is 22.6 Å². The molecular weight excluding hydrogens is 516 g/mol. The number of amides is 3. The highest BCUT2D eigenvalue weighted by Crippen LogP contribution is 2.35. The lowest BCUT2D eigenvalue weighted by molar-refractivity contribution is -0.136. The Morgan fingerprint density at radius 2 is 1.98 bits per heavy atom. The number of unbranched alkanes of at least 4 members (excludes halogenated alkanes) is 1. The maximum atomic E-state index is 13.1. The number of hydrogen-bond acceptors (Lipinski definition) is 7. The molecule has 2 aromatic carbocycles. The molecule has 4 aliphatic rings. The van der Waals surface area contributed by atoms with Gasteiger partial charge in [-0.1, -0.05) is 37.1 Å². The Labute approximate surface area is 240 Å².